The van der Waals surface area contributed by atoms with Crippen molar-refractivity contribution in [3.63, 3.8) is 0 Å². The fraction of sp³-hybridized carbons (Fsp3) is 0.447. The van der Waals surface area contributed by atoms with Gasteiger partial charge in [-0.05, 0) is 71.2 Å². The summed E-state index contributed by atoms with van der Waals surface area (Å²) < 4.78 is 11.7. The molecule has 1 unspecified atom stereocenters. The minimum absolute atomic E-state index is 0.0918. The number of amides is 2. The summed E-state index contributed by atoms with van der Waals surface area (Å²) in [7, 11) is -2.20. The zero-order valence-corrected chi connectivity index (χ0v) is 36.4. The van der Waals surface area contributed by atoms with Crippen LogP contribution in [0, 0.1) is 5.92 Å². The maximum absolute atomic E-state index is 12.6. The van der Waals surface area contributed by atoms with Crippen LogP contribution in [0.4, 0.5) is 0 Å². The summed E-state index contributed by atoms with van der Waals surface area (Å²) in [6, 6.07) is 41.1. The first-order chi connectivity index (χ1) is 26.3. The second-order valence-corrected chi connectivity index (χ2v) is 29.1. The molecule has 294 valence electrons. The molecule has 2 aliphatic rings. The minimum atomic E-state index is -1.10. The Morgan fingerprint density at radius 3 is 1.44 bits per heavy atom. The highest BCUT2D eigenvalue weighted by molar-refractivity contribution is 6.76. The maximum atomic E-state index is 12.6. The number of carbonyl (C=O) groups is 2. The highest BCUT2D eigenvalue weighted by atomic mass is 28.3. The van der Waals surface area contributed by atoms with E-state index in [0.29, 0.717) is 19.9 Å². The van der Waals surface area contributed by atoms with Gasteiger partial charge in [-0.25, -0.2) is 0 Å². The summed E-state index contributed by atoms with van der Waals surface area (Å²) in [5.41, 5.74) is 7.48. The van der Waals surface area contributed by atoms with Crippen molar-refractivity contribution < 1.29 is 19.1 Å². The van der Waals surface area contributed by atoms with Crippen LogP contribution >= 0.6 is 0 Å². The largest absolute Gasteiger partial charge is 0.361 e. The predicted molar refractivity (Wildman–Crippen MR) is 233 cm³/mol. The topological polar surface area (TPSA) is 59.1 Å². The van der Waals surface area contributed by atoms with Gasteiger partial charge in [-0.2, -0.15) is 0 Å². The van der Waals surface area contributed by atoms with Gasteiger partial charge in [-0.3, -0.25) is 9.59 Å². The van der Waals surface area contributed by atoms with Crippen LogP contribution < -0.4 is 0 Å². The zero-order valence-electron chi connectivity index (χ0n) is 34.4. The molecule has 4 aromatic rings. The molecule has 0 bridgehead atoms. The smallest absolute Gasteiger partial charge is 0.227 e. The van der Waals surface area contributed by atoms with Gasteiger partial charge in [-0.15, -0.1) is 0 Å². The van der Waals surface area contributed by atoms with E-state index in [2.05, 4.69) is 136 Å². The lowest BCUT2D eigenvalue weighted by Crippen LogP contribution is -2.37. The third kappa shape index (κ3) is 13.4. The molecule has 0 aromatic heterocycles. The van der Waals surface area contributed by atoms with Crippen molar-refractivity contribution in [1.82, 2.24) is 9.80 Å². The van der Waals surface area contributed by atoms with Crippen molar-refractivity contribution in [3.8, 4) is 22.3 Å². The van der Waals surface area contributed by atoms with E-state index in [0.717, 1.165) is 51.0 Å². The Morgan fingerprint density at radius 2 is 0.982 bits per heavy atom. The van der Waals surface area contributed by atoms with E-state index in [9.17, 15) is 9.59 Å². The summed E-state index contributed by atoms with van der Waals surface area (Å²) in [6.45, 7) is 18.5. The van der Waals surface area contributed by atoms with Gasteiger partial charge >= 0.3 is 0 Å². The van der Waals surface area contributed by atoms with Gasteiger partial charge in [0.2, 0.25) is 11.8 Å². The summed E-state index contributed by atoms with van der Waals surface area (Å²) in [5, 5.41) is 0. The first kappa shape index (κ1) is 42.3. The van der Waals surface area contributed by atoms with Crippen LogP contribution in [0.25, 0.3) is 22.3 Å². The molecule has 2 aliphatic heterocycles. The molecule has 0 radical (unpaired) electrons. The normalized spacial score (nSPS) is 18.8. The second kappa shape index (κ2) is 19.9. The second-order valence-electron chi connectivity index (χ2n) is 17.9. The minimum Gasteiger partial charge on any atom is -0.361 e. The third-order valence-corrected chi connectivity index (χ3v) is 14.2. The first-order valence-corrected chi connectivity index (χ1v) is 27.7. The Balaban J connectivity index is 0.000000211. The number of hydrogen-bond donors (Lipinski definition) is 0. The maximum Gasteiger partial charge on any atom is 0.227 e. The lowest BCUT2D eigenvalue weighted by molar-refractivity contribution is -0.137. The van der Waals surface area contributed by atoms with E-state index >= 15 is 0 Å². The van der Waals surface area contributed by atoms with E-state index in [-0.39, 0.29) is 29.8 Å². The number of rotatable bonds is 16. The van der Waals surface area contributed by atoms with Crippen LogP contribution in [-0.2, 0) is 31.9 Å². The number of likely N-dealkylation sites (tertiary alicyclic amines) is 2. The number of carbonyl (C=O) groups excluding carboxylic acids is 2. The van der Waals surface area contributed by atoms with Gasteiger partial charge in [0.05, 0.1) is 0 Å². The van der Waals surface area contributed by atoms with Gasteiger partial charge in [0.25, 0.3) is 0 Å². The molecule has 6 rings (SSSR count). The molecule has 0 spiro atoms. The van der Waals surface area contributed by atoms with Crippen molar-refractivity contribution in [2.45, 2.75) is 102 Å². The molecule has 2 heterocycles. The number of ether oxygens (including phenoxy) is 2. The molecule has 0 saturated carbocycles. The summed E-state index contributed by atoms with van der Waals surface area (Å²) in [5.74, 6) is 0.557. The third-order valence-electron chi connectivity index (χ3n) is 10.7. The Hall–Kier alpha value is -3.83. The van der Waals surface area contributed by atoms with Crippen LogP contribution in [0.1, 0.15) is 37.3 Å². The van der Waals surface area contributed by atoms with Gasteiger partial charge < -0.3 is 19.3 Å². The lowest BCUT2D eigenvalue weighted by Gasteiger charge is -2.25. The molecule has 6 nitrogen and oxygen atoms in total. The molecule has 8 heteroatoms. The highest BCUT2D eigenvalue weighted by Crippen LogP contribution is 2.29. The molecule has 0 aliphatic carbocycles. The zero-order chi connectivity index (χ0) is 39.4. The van der Waals surface area contributed by atoms with E-state index < -0.39 is 16.1 Å². The Kier molecular flexibility index (Phi) is 15.3. The van der Waals surface area contributed by atoms with Gasteiger partial charge in [-0.1, -0.05) is 155 Å². The number of benzene rings is 4. The average Bonchev–Trinajstić information content (AvgIpc) is 3.64. The summed E-state index contributed by atoms with van der Waals surface area (Å²) >= 11 is 0. The Bertz CT molecular complexity index is 1770. The van der Waals surface area contributed by atoms with Gasteiger partial charge in [0.1, 0.15) is 13.5 Å². The number of nitrogens with zero attached hydrogens (tertiary/aromatic N) is 2. The van der Waals surface area contributed by atoms with Crippen LogP contribution in [0.3, 0.4) is 0 Å². The molecule has 3 atom stereocenters. The van der Waals surface area contributed by atoms with Crippen LogP contribution in [0.2, 0.25) is 51.4 Å². The fourth-order valence-electron chi connectivity index (χ4n) is 7.20. The first-order valence-electron chi connectivity index (χ1n) is 20.3. The van der Waals surface area contributed by atoms with E-state index in [1.807, 2.05) is 28.9 Å². The molecular formula is C47H64N2O4Si2. The van der Waals surface area contributed by atoms with Crippen molar-refractivity contribution in [2.24, 2.45) is 5.92 Å². The monoisotopic (exact) mass is 776 g/mol. The van der Waals surface area contributed by atoms with Gasteiger partial charge in [0.15, 0.2) is 0 Å². The summed E-state index contributed by atoms with van der Waals surface area (Å²) in [4.78, 5) is 28.7. The van der Waals surface area contributed by atoms with E-state index in [4.69, 9.17) is 9.47 Å². The predicted octanol–water partition coefficient (Wildman–Crippen LogP) is 10.6. The van der Waals surface area contributed by atoms with Crippen molar-refractivity contribution in [2.75, 3.05) is 26.7 Å². The molecule has 4 aromatic carbocycles. The average molecular weight is 777 g/mol. The fourth-order valence-corrected chi connectivity index (χ4v) is 8.71. The molecule has 0 N–H and O–H groups in total. The van der Waals surface area contributed by atoms with E-state index in [1.165, 1.54) is 33.4 Å². The highest BCUT2D eigenvalue weighted by Gasteiger charge is 2.37. The van der Waals surface area contributed by atoms with Crippen molar-refractivity contribution >= 4 is 28.0 Å². The van der Waals surface area contributed by atoms with Gasteiger partial charge in [0, 0.05) is 53.8 Å². The van der Waals surface area contributed by atoms with Crippen LogP contribution in [0.15, 0.2) is 109 Å². The molecule has 2 saturated heterocycles. The Morgan fingerprint density at radius 1 is 0.564 bits per heavy atom. The molecule has 55 heavy (non-hydrogen) atoms. The standard InChI is InChI=1S/C24H33NO2Si.C23H31NO2Si/c1-19-16-23(25(24(19)26)18-27-14-15-28(2,3)4)17-20-10-12-22(13-11-20)21-8-6-5-7-9-21;1-27(2,3)16-15-26-18-24-22(13-14-23(24)25)17-19-9-11-21(12-10-19)20-7-5-4-6-8-20/h5-13,19,23H,14-18H2,1-4H3;4-12,22H,13-18H2,1-3H3/t19?,23-;22-/m00/s1. The van der Waals surface area contributed by atoms with E-state index in [1.54, 1.807) is 0 Å². The summed E-state index contributed by atoms with van der Waals surface area (Å²) in [6.07, 6.45) is 4.28. The quantitative estimate of drug-likeness (QED) is 0.0840. The lowest BCUT2D eigenvalue weighted by atomic mass is 9.98. The molecular weight excluding hydrogens is 713 g/mol. The SMILES string of the molecule is CC1C[C@@H](Cc2ccc(-c3ccccc3)cc2)N(COCC[Si](C)(C)C)C1=O.C[Si](C)(C)CCOCN1C(=O)CC[C@H]1Cc1ccc(-c2ccccc2)cc1. The Labute approximate surface area is 333 Å². The van der Waals surface area contributed by atoms with Crippen molar-refractivity contribution in [1.29, 1.82) is 0 Å². The molecule has 2 amide bonds. The number of hydrogen-bond acceptors (Lipinski definition) is 4. The molecule has 2 fully saturated rings. The van der Waals surface area contributed by atoms with Crippen molar-refractivity contribution in [3.05, 3.63) is 120 Å². The van der Waals surface area contributed by atoms with Crippen LogP contribution in [0.5, 0.6) is 0 Å². The van der Waals surface area contributed by atoms with Crippen LogP contribution in [-0.4, -0.2) is 76.5 Å².